The fourth-order valence-corrected chi connectivity index (χ4v) is 3.19. The Morgan fingerprint density at radius 1 is 0.944 bits per heavy atom. The molecule has 0 fully saturated rings. The van der Waals surface area contributed by atoms with E-state index in [4.69, 9.17) is 0 Å². The van der Waals surface area contributed by atoms with Gasteiger partial charge in [-0.1, -0.05) is 60.7 Å². The second-order valence-electron chi connectivity index (χ2n) is 5.06. The molecular weight excluding hydrogens is 218 g/mol. The number of nitrogens with one attached hydrogen (secondary N) is 1. The number of hydrogen-bond donors (Lipinski definition) is 1. The summed E-state index contributed by atoms with van der Waals surface area (Å²) in [5, 5.41) is 6.36. The van der Waals surface area contributed by atoms with Gasteiger partial charge in [-0.25, -0.2) is 0 Å². The molecule has 1 heterocycles. The van der Waals surface area contributed by atoms with Crippen molar-refractivity contribution in [2.24, 2.45) is 0 Å². The summed E-state index contributed by atoms with van der Waals surface area (Å²) in [7, 11) is 0. The monoisotopic (exact) mass is 233 g/mol. The number of rotatable bonds is 0. The van der Waals surface area contributed by atoms with E-state index in [1.807, 2.05) is 0 Å². The van der Waals surface area contributed by atoms with Crippen LogP contribution in [0.2, 0.25) is 0 Å². The van der Waals surface area contributed by atoms with Crippen LogP contribution >= 0.6 is 0 Å². The third kappa shape index (κ3) is 1.37. The van der Waals surface area contributed by atoms with Gasteiger partial charge in [-0.05, 0) is 21.9 Å². The maximum Gasteiger partial charge on any atom is 0.0360 e. The van der Waals surface area contributed by atoms with Gasteiger partial charge >= 0.3 is 0 Å². The highest BCUT2D eigenvalue weighted by Gasteiger charge is 2.28. The van der Waals surface area contributed by atoms with Crippen molar-refractivity contribution in [1.82, 2.24) is 5.32 Å². The molecule has 1 aliphatic carbocycles. The lowest BCUT2D eigenvalue weighted by Crippen LogP contribution is -2.38. The summed E-state index contributed by atoms with van der Waals surface area (Å²) >= 11 is 0. The maximum absolute atomic E-state index is 3.60. The first-order chi connectivity index (χ1) is 8.93. The Hall–Kier alpha value is -1.86. The van der Waals surface area contributed by atoms with E-state index in [9.17, 15) is 0 Å². The third-order valence-corrected chi connectivity index (χ3v) is 4.06. The highest BCUT2D eigenvalue weighted by Crippen LogP contribution is 2.36. The van der Waals surface area contributed by atoms with E-state index in [1.165, 1.54) is 21.9 Å². The van der Waals surface area contributed by atoms with E-state index in [2.05, 4.69) is 66.0 Å². The minimum absolute atomic E-state index is 0.452. The summed E-state index contributed by atoms with van der Waals surface area (Å²) in [6, 6.07) is 13.7. The van der Waals surface area contributed by atoms with Gasteiger partial charge in [0.25, 0.3) is 0 Å². The van der Waals surface area contributed by atoms with Crippen molar-refractivity contribution in [3.8, 4) is 0 Å². The lowest BCUT2D eigenvalue weighted by Gasteiger charge is -2.33. The van der Waals surface area contributed by atoms with Crippen LogP contribution in [0.5, 0.6) is 0 Å². The predicted molar refractivity (Wildman–Crippen MR) is 75.6 cm³/mol. The quantitative estimate of drug-likeness (QED) is 0.734. The van der Waals surface area contributed by atoms with E-state index in [-0.39, 0.29) is 0 Å². The molecule has 0 spiro atoms. The Bertz CT molecular complexity index is 666. The molecule has 1 nitrogen and oxygen atoms in total. The Morgan fingerprint density at radius 3 is 2.83 bits per heavy atom. The van der Waals surface area contributed by atoms with Crippen LogP contribution < -0.4 is 5.32 Å². The summed E-state index contributed by atoms with van der Waals surface area (Å²) in [5.74, 6) is 0.477. The van der Waals surface area contributed by atoms with Gasteiger partial charge in [0.15, 0.2) is 0 Å². The van der Waals surface area contributed by atoms with Gasteiger partial charge in [0.2, 0.25) is 0 Å². The van der Waals surface area contributed by atoms with Gasteiger partial charge in [0.1, 0.15) is 0 Å². The SMILES string of the molecule is C1=CC2NCc3ccc4ccccc4c3C2C=C1. The van der Waals surface area contributed by atoms with Crippen LogP contribution in [0.1, 0.15) is 17.0 Å². The topological polar surface area (TPSA) is 12.0 Å². The molecule has 18 heavy (non-hydrogen) atoms. The van der Waals surface area contributed by atoms with Crippen LogP contribution in [-0.2, 0) is 6.54 Å². The van der Waals surface area contributed by atoms with Crippen molar-refractivity contribution in [3.05, 3.63) is 71.8 Å². The summed E-state index contributed by atoms with van der Waals surface area (Å²) < 4.78 is 0. The molecule has 1 heteroatoms. The first-order valence-corrected chi connectivity index (χ1v) is 6.52. The highest BCUT2D eigenvalue weighted by molar-refractivity contribution is 5.88. The van der Waals surface area contributed by atoms with Crippen LogP contribution in [-0.4, -0.2) is 6.04 Å². The third-order valence-electron chi connectivity index (χ3n) is 4.06. The fraction of sp³-hybridized carbons (Fsp3) is 0.176. The number of benzene rings is 2. The second kappa shape index (κ2) is 3.82. The summed E-state index contributed by atoms with van der Waals surface area (Å²) in [4.78, 5) is 0. The Labute approximate surface area is 107 Å². The molecular formula is C17H15N. The van der Waals surface area contributed by atoms with Crippen molar-refractivity contribution in [2.75, 3.05) is 0 Å². The normalized spacial score (nSPS) is 24.9. The van der Waals surface area contributed by atoms with Gasteiger partial charge in [0, 0.05) is 18.5 Å². The standard InChI is InChI=1S/C17H15N/c1-2-6-14-12(5-1)9-10-13-11-18-16-8-4-3-7-15(16)17(13)14/h1-10,15-16,18H,11H2. The highest BCUT2D eigenvalue weighted by atomic mass is 14.9. The summed E-state index contributed by atoms with van der Waals surface area (Å²) in [6.45, 7) is 0.972. The molecule has 2 aromatic carbocycles. The molecule has 1 N–H and O–H groups in total. The molecule has 4 rings (SSSR count). The fourth-order valence-electron chi connectivity index (χ4n) is 3.19. The van der Waals surface area contributed by atoms with E-state index < -0.39 is 0 Å². The first kappa shape index (κ1) is 10.1. The van der Waals surface area contributed by atoms with Crippen LogP contribution in [0.4, 0.5) is 0 Å². The van der Waals surface area contributed by atoms with Gasteiger partial charge in [-0.15, -0.1) is 0 Å². The Morgan fingerprint density at radius 2 is 1.83 bits per heavy atom. The Balaban J connectivity index is 2.02. The average Bonchev–Trinajstić information content (AvgIpc) is 2.46. The molecule has 2 atom stereocenters. The number of allylic oxidation sites excluding steroid dienone is 2. The molecule has 2 aromatic rings. The zero-order chi connectivity index (χ0) is 11.9. The van der Waals surface area contributed by atoms with Crippen LogP contribution in [0.3, 0.4) is 0 Å². The zero-order valence-electron chi connectivity index (χ0n) is 10.1. The van der Waals surface area contributed by atoms with Crippen LogP contribution in [0.25, 0.3) is 10.8 Å². The van der Waals surface area contributed by atoms with E-state index in [1.54, 1.807) is 0 Å². The number of hydrogen-bond acceptors (Lipinski definition) is 1. The largest absolute Gasteiger partial charge is 0.306 e. The van der Waals surface area contributed by atoms with Crippen molar-refractivity contribution in [1.29, 1.82) is 0 Å². The van der Waals surface area contributed by atoms with Crippen LogP contribution in [0.15, 0.2) is 60.7 Å². The van der Waals surface area contributed by atoms with Crippen molar-refractivity contribution in [3.63, 3.8) is 0 Å². The van der Waals surface area contributed by atoms with Crippen molar-refractivity contribution in [2.45, 2.75) is 18.5 Å². The molecule has 2 unspecified atom stereocenters. The average molecular weight is 233 g/mol. The van der Waals surface area contributed by atoms with E-state index >= 15 is 0 Å². The smallest absolute Gasteiger partial charge is 0.0360 e. The lowest BCUT2D eigenvalue weighted by molar-refractivity contribution is 0.512. The van der Waals surface area contributed by atoms with Gasteiger partial charge in [-0.2, -0.15) is 0 Å². The van der Waals surface area contributed by atoms with Crippen molar-refractivity contribution < 1.29 is 0 Å². The molecule has 1 aliphatic heterocycles. The van der Waals surface area contributed by atoms with Crippen LogP contribution in [0, 0.1) is 0 Å². The summed E-state index contributed by atoms with van der Waals surface area (Å²) in [5.41, 5.74) is 2.95. The van der Waals surface area contributed by atoms with Crippen molar-refractivity contribution >= 4 is 10.8 Å². The van der Waals surface area contributed by atoms with Gasteiger partial charge in [-0.3, -0.25) is 0 Å². The zero-order valence-corrected chi connectivity index (χ0v) is 10.1. The Kier molecular flexibility index (Phi) is 2.14. The minimum Gasteiger partial charge on any atom is -0.306 e. The van der Waals surface area contributed by atoms with Gasteiger partial charge < -0.3 is 5.32 Å². The summed E-state index contributed by atoms with van der Waals surface area (Å²) in [6.07, 6.45) is 8.90. The molecule has 0 saturated carbocycles. The number of fused-ring (bicyclic) bond motifs is 5. The predicted octanol–water partition coefficient (Wildman–Crippen LogP) is 3.52. The maximum atomic E-state index is 3.60. The van der Waals surface area contributed by atoms with E-state index in [0.717, 1.165) is 6.54 Å². The van der Waals surface area contributed by atoms with E-state index in [0.29, 0.717) is 12.0 Å². The molecule has 0 aromatic heterocycles. The van der Waals surface area contributed by atoms with Gasteiger partial charge in [0.05, 0.1) is 0 Å². The molecule has 0 bridgehead atoms. The second-order valence-corrected chi connectivity index (χ2v) is 5.06. The molecule has 0 radical (unpaired) electrons. The molecule has 2 aliphatic rings. The molecule has 88 valence electrons. The molecule has 0 amide bonds. The first-order valence-electron chi connectivity index (χ1n) is 6.52. The molecule has 0 saturated heterocycles. The lowest BCUT2D eigenvalue weighted by atomic mass is 9.80. The minimum atomic E-state index is 0.452.